The third-order valence-electron chi connectivity index (χ3n) is 4.35. The van der Waals surface area contributed by atoms with E-state index in [0.717, 1.165) is 0 Å². The fourth-order valence-electron chi connectivity index (χ4n) is 3.08. The Balaban J connectivity index is 2.29. The van der Waals surface area contributed by atoms with Crippen LogP contribution in [0.1, 0.15) is 0 Å². The third-order valence-corrected chi connectivity index (χ3v) is 9.81. The molecule has 0 bridgehead atoms. The van der Waals surface area contributed by atoms with Gasteiger partial charge in [-0.25, -0.2) is 0 Å². The van der Waals surface area contributed by atoms with E-state index in [1.807, 2.05) is 11.8 Å². The molecular weight excluding hydrogens is 303 g/mol. The summed E-state index contributed by atoms with van der Waals surface area (Å²) in [6.07, 6.45) is 2.17. The van der Waals surface area contributed by atoms with Gasteiger partial charge in [-0.3, -0.25) is 0 Å². The van der Waals surface area contributed by atoms with Gasteiger partial charge in [0.1, 0.15) is 0 Å². The van der Waals surface area contributed by atoms with Crippen LogP contribution in [-0.2, 0) is 0 Å². The van der Waals surface area contributed by atoms with Crippen LogP contribution in [0.5, 0.6) is 0 Å². The van der Waals surface area contributed by atoms with E-state index in [9.17, 15) is 0 Å². The zero-order chi connectivity index (χ0) is 15.4. The average Bonchev–Trinajstić information content (AvgIpc) is 2.62. The van der Waals surface area contributed by atoms with Crippen molar-refractivity contribution >= 4 is 34.9 Å². The first-order valence-electron chi connectivity index (χ1n) is 7.51. The number of hydrogen-bond acceptors (Lipinski definition) is 1. The summed E-state index contributed by atoms with van der Waals surface area (Å²) in [4.78, 5) is 1.39. The minimum absolute atomic E-state index is 1.39. The molecule has 112 valence electrons. The van der Waals surface area contributed by atoms with E-state index in [2.05, 4.69) is 97.8 Å². The summed E-state index contributed by atoms with van der Waals surface area (Å²) in [5.41, 5.74) is 0. The van der Waals surface area contributed by atoms with Gasteiger partial charge in [-0.15, -0.1) is 0 Å². The summed E-state index contributed by atoms with van der Waals surface area (Å²) in [6, 6.07) is 30.9. The molecule has 0 amide bonds. The van der Waals surface area contributed by atoms with Crippen LogP contribution >= 0.6 is 19.0 Å². The molecule has 0 aromatic heterocycles. The van der Waals surface area contributed by atoms with Crippen LogP contribution in [0.3, 0.4) is 0 Å². The molecule has 0 fully saturated rings. The monoisotopic (exact) mass is 324 g/mol. The summed E-state index contributed by atoms with van der Waals surface area (Å²) in [5.74, 6) is 0. The number of thioether (sulfide) groups is 1. The first-order chi connectivity index (χ1) is 10.8. The normalized spacial score (nSPS) is 12.1. The Kier molecular flexibility index (Phi) is 4.66. The van der Waals surface area contributed by atoms with Crippen molar-refractivity contribution in [2.24, 2.45) is 0 Å². The van der Waals surface area contributed by atoms with Gasteiger partial charge in [0.05, 0.1) is 0 Å². The van der Waals surface area contributed by atoms with Crippen molar-refractivity contribution in [1.82, 2.24) is 0 Å². The molecule has 0 aliphatic carbocycles. The van der Waals surface area contributed by atoms with E-state index in [4.69, 9.17) is 0 Å². The molecule has 0 heterocycles. The van der Waals surface area contributed by atoms with Crippen molar-refractivity contribution in [2.45, 2.75) is 4.90 Å². The Bertz CT molecular complexity index is 698. The summed E-state index contributed by atoms with van der Waals surface area (Å²) in [7, 11) is -1.96. The number of rotatable bonds is 4. The second-order valence-electron chi connectivity index (χ2n) is 5.56. The zero-order valence-corrected chi connectivity index (χ0v) is 14.8. The van der Waals surface area contributed by atoms with Gasteiger partial charge in [-0.05, 0) is 0 Å². The maximum absolute atomic E-state index is 2.46. The van der Waals surface area contributed by atoms with Crippen molar-refractivity contribution in [3.05, 3.63) is 84.9 Å². The van der Waals surface area contributed by atoms with Gasteiger partial charge in [0, 0.05) is 0 Å². The molecule has 0 aliphatic rings. The predicted octanol–water partition coefficient (Wildman–Crippen LogP) is 4.06. The van der Waals surface area contributed by atoms with Gasteiger partial charge < -0.3 is 0 Å². The Morgan fingerprint density at radius 1 is 0.636 bits per heavy atom. The molecule has 0 saturated heterocycles. The van der Waals surface area contributed by atoms with E-state index in [1.54, 1.807) is 0 Å². The molecule has 2 heteroatoms. The van der Waals surface area contributed by atoms with Gasteiger partial charge in [0.15, 0.2) is 0 Å². The Morgan fingerprint density at radius 3 is 1.59 bits per heavy atom. The van der Waals surface area contributed by atoms with Crippen LogP contribution in [0.25, 0.3) is 0 Å². The van der Waals surface area contributed by atoms with Crippen LogP contribution in [-0.4, -0.2) is 12.9 Å². The second-order valence-corrected chi connectivity index (χ2v) is 10.3. The second kappa shape index (κ2) is 6.69. The van der Waals surface area contributed by atoms with Gasteiger partial charge in [0.2, 0.25) is 0 Å². The summed E-state index contributed by atoms with van der Waals surface area (Å²) < 4.78 is 0. The fraction of sp³-hybridized carbons (Fsp3) is 0.100. The Hall–Kier alpha value is -1.56. The van der Waals surface area contributed by atoms with Crippen LogP contribution in [0.15, 0.2) is 89.8 Å². The molecule has 0 N–H and O–H groups in total. The van der Waals surface area contributed by atoms with E-state index >= 15 is 0 Å². The molecule has 0 atom stereocenters. The molecule has 0 saturated carbocycles. The minimum atomic E-state index is -1.96. The SMILES string of the molecule is CSc1ccccc1[PH](C)(c1ccccc1)c1ccccc1. The van der Waals surface area contributed by atoms with E-state index in [-0.39, 0.29) is 0 Å². The average molecular weight is 324 g/mol. The van der Waals surface area contributed by atoms with Crippen molar-refractivity contribution < 1.29 is 0 Å². The fourth-order valence-corrected chi connectivity index (χ4v) is 8.18. The molecule has 0 nitrogen and oxygen atoms in total. The molecule has 0 aliphatic heterocycles. The van der Waals surface area contributed by atoms with Crippen molar-refractivity contribution in [3.63, 3.8) is 0 Å². The maximum atomic E-state index is 2.46. The first-order valence-corrected chi connectivity index (χ1v) is 11.2. The van der Waals surface area contributed by atoms with Crippen LogP contribution in [0, 0.1) is 0 Å². The van der Waals surface area contributed by atoms with E-state index < -0.39 is 7.26 Å². The standard InChI is InChI=1S/C20H21PS/c1-21(17-11-5-3-6-12-17,18-13-7-4-8-14-18)19-15-9-10-16-20(19)22-2/h3-16,21H,1-2H3. The molecular formula is C20H21PS. The van der Waals surface area contributed by atoms with Crippen LogP contribution < -0.4 is 15.9 Å². The Morgan fingerprint density at radius 2 is 1.09 bits per heavy atom. The van der Waals surface area contributed by atoms with Crippen LogP contribution in [0.4, 0.5) is 0 Å². The quantitative estimate of drug-likeness (QED) is 0.515. The van der Waals surface area contributed by atoms with Gasteiger partial charge in [-0.2, -0.15) is 0 Å². The predicted molar refractivity (Wildman–Crippen MR) is 104 cm³/mol. The summed E-state index contributed by atoms with van der Waals surface area (Å²) in [5, 5.41) is 4.42. The van der Waals surface area contributed by atoms with E-state index in [1.165, 1.54) is 20.8 Å². The molecule has 22 heavy (non-hydrogen) atoms. The van der Waals surface area contributed by atoms with Crippen LogP contribution in [0.2, 0.25) is 0 Å². The van der Waals surface area contributed by atoms with Crippen molar-refractivity contribution in [2.75, 3.05) is 12.9 Å². The summed E-state index contributed by atoms with van der Waals surface area (Å²) >= 11 is 1.85. The van der Waals surface area contributed by atoms with E-state index in [0.29, 0.717) is 0 Å². The molecule has 3 aromatic carbocycles. The van der Waals surface area contributed by atoms with Crippen molar-refractivity contribution in [3.8, 4) is 0 Å². The molecule has 0 spiro atoms. The van der Waals surface area contributed by atoms with Gasteiger partial charge >= 0.3 is 138 Å². The van der Waals surface area contributed by atoms with Crippen molar-refractivity contribution in [1.29, 1.82) is 0 Å². The molecule has 3 aromatic rings. The van der Waals surface area contributed by atoms with Gasteiger partial charge in [0.25, 0.3) is 0 Å². The number of hydrogen-bond donors (Lipinski definition) is 0. The zero-order valence-electron chi connectivity index (χ0n) is 13.0. The Labute approximate surface area is 137 Å². The molecule has 3 rings (SSSR count). The molecule has 0 radical (unpaired) electrons. The third kappa shape index (κ3) is 2.72. The summed E-state index contributed by atoms with van der Waals surface area (Å²) in [6.45, 7) is 2.46. The first kappa shape index (κ1) is 15.3. The topological polar surface area (TPSA) is 0 Å². The van der Waals surface area contributed by atoms with Gasteiger partial charge in [-0.1, -0.05) is 0 Å². The number of benzene rings is 3. The molecule has 0 unspecified atom stereocenters.